The summed E-state index contributed by atoms with van der Waals surface area (Å²) >= 11 is 0. The summed E-state index contributed by atoms with van der Waals surface area (Å²) in [6.07, 6.45) is 3.25. The van der Waals surface area contributed by atoms with Crippen LogP contribution in [0.1, 0.15) is 16.7 Å². The molecule has 0 fully saturated rings. The van der Waals surface area contributed by atoms with E-state index in [-0.39, 0.29) is 0 Å². The standard InChI is InChI=1S/C14H15N5/c1-9-4-5-12(11(3)10(9)2)19-14-6-13(16-7-15)17-8-18-14/h4-6,8H,1-3H3,(H2,16,17,18,19). The second kappa shape index (κ2) is 5.36. The third kappa shape index (κ3) is 2.80. The number of nitrogens with one attached hydrogen (secondary N) is 2. The first kappa shape index (κ1) is 12.8. The fourth-order valence-electron chi connectivity index (χ4n) is 1.78. The minimum atomic E-state index is 0.474. The Bertz CT molecular complexity index is 643. The summed E-state index contributed by atoms with van der Waals surface area (Å²) in [5.74, 6) is 1.13. The Morgan fingerprint density at radius 3 is 2.53 bits per heavy atom. The highest BCUT2D eigenvalue weighted by Crippen LogP contribution is 2.24. The molecular formula is C14H15N5. The molecule has 0 radical (unpaired) electrons. The van der Waals surface area contributed by atoms with E-state index in [2.05, 4.69) is 47.4 Å². The number of hydrogen-bond donors (Lipinski definition) is 2. The molecule has 96 valence electrons. The van der Waals surface area contributed by atoms with Crippen molar-refractivity contribution in [1.29, 1.82) is 5.26 Å². The van der Waals surface area contributed by atoms with E-state index in [1.54, 1.807) is 6.07 Å². The monoisotopic (exact) mass is 253 g/mol. The van der Waals surface area contributed by atoms with Crippen molar-refractivity contribution >= 4 is 17.3 Å². The Morgan fingerprint density at radius 1 is 1.05 bits per heavy atom. The minimum Gasteiger partial charge on any atom is -0.340 e. The molecule has 0 aliphatic heterocycles. The van der Waals surface area contributed by atoms with Gasteiger partial charge in [0, 0.05) is 11.8 Å². The van der Waals surface area contributed by atoms with Crippen LogP contribution >= 0.6 is 0 Å². The lowest BCUT2D eigenvalue weighted by atomic mass is 10.0. The summed E-state index contributed by atoms with van der Waals surface area (Å²) in [6.45, 7) is 6.25. The molecule has 1 heterocycles. The van der Waals surface area contributed by atoms with Gasteiger partial charge in [-0.3, -0.25) is 5.32 Å². The number of rotatable bonds is 3. The highest BCUT2D eigenvalue weighted by atomic mass is 15.1. The van der Waals surface area contributed by atoms with Crippen LogP contribution in [-0.2, 0) is 0 Å². The molecule has 1 aromatic heterocycles. The van der Waals surface area contributed by atoms with Crippen LogP contribution in [0.4, 0.5) is 17.3 Å². The molecule has 1 aromatic carbocycles. The van der Waals surface area contributed by atoms with Gasteiger partial charge in [-0.25, -0.2) is 9.97 Å². The number of nitriles is 1. The van der Waals surface area contributed by atoms with Crippen molar-refractivity contribution in [3.8, 4) is 6.19 Å². The van der Waals surface area contributed by atoms with E-state index >= 15 is 0 Å². The summed E-state index contributed by atoms with van der Waals surface area (Å²) in [6, 6.07) is 5.79. The molecule has 2 rings (SSSR count). The van der Waals surface area contributed by atoms with E-state index in [0.717, 1.165) is 5.69 Å². The summed E-state index contributed by atoms with van der Waals surface area (Å²) < 4.78 is 0. The summed E-state index contributed by atoms with van der Waals surface area (Å²) in [4.78, 5) is 8.08. The summed E-state index contributed by atoms with van der Waals surface area (Å²) in [5, 5.41) is 14.3. The lowest BCUT2D eigenvalue weighted by Crippen LogP contribution is -2.00. The zero-order chi connectivity index (χ0) is 13.8. The number of nitrogens with zero attached hydrogens (tertiary/aromatic N) is 3. The van der Waals surface area contributed by atoms with Crippen LogP contribution in [0.2, 0.25) is 0 Å². The molecule has 0 spiro atoms. The van der Waals surface area contributed by atoms with Gasteiger partial charge >= 0.3 is 0 Å². The van der Waals surface area contributed by atoms with Gasteiger partial charge < -0.3 is 5.32 Å². The molecule has 2 aromatic rings. The van der Waals surface area contributed by atoms with Crippen molar-refractivity contribution in [2.45, 2.75) is 20.8 Å². The van der Waals surface area contributed by atoms with Crippen LogP contribution in [0, 0.1) is 32.2 Å². The van der Waals surface area contributed by atoms with E-state index in [4.69, 9.17) is 5.26 Å². The largest absolute Gasteiger partial charge is 0.340 e. The van der Waals surface area contributed by atoms with Crippen molar-refractivity contribution < 1.29 is 0 Å². The molecule has 0 unspecified atom stereocenters. The molecule has 0 aliphatic carbocycles. The Labute approximate surface area is 112 Å². The van der Waals surface area contributed by atoms with Crippen molar-refractivity contribution in [3.05, 3.63) is 41.2 Å². The molecule has 19 heavy (non-hydrogen) atoms. The first-order valence-electron chi connectivity index (χ1n) is 5.93. The maximum absolute atomic E-state index is 8.57. The molecule has 2 N–H and O–H groups in total. The molecule has 5 heteroatoms. The van der Waals surface area contributed by atoms with Crippen LogP contribution in [0.5, 0.6) is 0 Å². The van der Waals surface area contributed by atoms with Gasteiger partial charge in [-0.1, -0.05) is 6.07 Å². The number of hydrogen-bond acceptors (Lipinski definition) is 5. The third-order valence-electron chi connectivity index (χ3n) is 3.17. The Hall–Kier alpha value is -2.61. The van der Waals surface area contributed by atoms with Crippen LogP contribution in [0.25, 0.3) is 0 Å². The first-order valence-corrected chi connectivity index (χ1v) is 5.93. The zero-order valence-electron chi connectivity index (χ0n) is 11.2. The second-order valence-electron chi connectivity index (χ2n) is 4.33. The number of benzene rings is 1. The van der Waals surface area contributed by atoms with E-state index in [1.807, 2.05) is 12.3 Å². The minimum absolute atomic E-state index is 0.474. The molecular weight excluding hydrogens is 238 g/mol. The van der Waals surface area contributed by atoms with Crippen LogP contribution in [0.15, 0.2) is 24.5 Å². The topological polar surface area (TPSA) is 73.6 Å². The quantitative estimate of drug-likeness (QED) is 0.649. The lowest BCUT2D eigenvalue weighted by Gasteiger charge is -2.13. The van der Waals surface area contributed by atoms with Crippen LogP contribution in [-0.4, -0.2) is 9.97 Å². The first-order chi connectivity index (χ1) is 9.11. The molecule has 0 amide bonds. The number of aromatic nitrogens is 2. The smallest absolute Gasteiger partial charge is 0.182 e. The van der Waals surface area contributed by atoms with Gasteiger partial charge in [0.25, 0.3) is 0 Å². The predicted octanol–water partition coefficient (Wildman–Crippen LogP) is 3.04. The third-order valence-corrected chi connectivity index (χ3v) is 3.17. The van der Waals surface area contributed by atoms with Gasteiger partial charge in [0.05, 0.1) is 0 Å². The number of aryl methyl sites for hydroxylation is 1. The predicted molar refractivity (Wildman–Crippen MR) is 75.2 cm³/mol. The molecule has 0 bridgehead atoms. The normalized spacial score (nSPS) is 9.79. The van der Waals surface area contributed by atoms with Crippen LogP contribution in [0.3, 0.4) is 0 Å². The van der Waals surface area contributed by atoms with Crippen molar-refractivity contribution in [2.24, 2.45) is 0 Å². The van der Waals surface area contributed by atoms with Crippen molar-refractivity contribution in [3.63, 3.8) is 0 Å². The van der Waals surface area contributed by atoms with Gasteiger partial charge in [-0.15, -0.1) is 0 Å². The average molecular weight is 253 g/mol. The second-order valence-corrected chi connectivity index (χ2v) is 4.33. The van der Waals surface area contributed by atoms with E-state index < -0.39 is 0 Å². The zero-order valence-corrected chi connectivity index (χ0v) is 11.2. The van der Waals surface area contributed by atoms with Gasteiger partial charge in [-0.05, 0) is 43.5 Å². The van der Waals surface area contributed by atoms with Gasteiger partial charge in [-0.2, -0.15) is 5.26 Å². The maximum atomic E-state index is 8.57. The van der Waals surface area contributed by atoms with E-state index in [1.165, 1.54) is 23.0 Å². The Morgan fingerprint density at radius 2 is 1.79 bits per heavy atom. The van der Waals surface area contributed by atoms with Crippen molar-refractivity contribution in [1.82, 2.24) is 9.97 Å². The maximum Gasteiger partial charge on any atom is 0.182 e. The van der Waals surface area contributed by atoms with Gasteiger partial charge in [0.15, 0.2) is 6.19 Å². The molecule has 5 nitrogen and oxygen atoms in total. The molecule has 0 saturated heterocycles. The lowest BCUT2D eigenvalue weighted by molar-refractivity contribution is 1.16. The van der Waals surface area contributed by atoms with E-state index in [0.29, 0.717) is 11.6 Å². The summed E-state index contributed by atoms with van der Waals surface area (Å²) in [5.41, 5.74) is 4.71. The molecule has 0 saturated carbocycles. The highest BCUT2D eigenvalue weighted by Gasteiger charge is 2.05. The molecule has 0 atom stereocenters. The Kier molecular flexibility index (Phi) is 3.62. The molecule has 0 aliphatic rings. The van der Waals surface area contributed by atoms with Gasteiger partial charge in [0.2, 0.25) is 0 Å². The fourth-order valence-corrected chi connectivity index (χ4v) is 1.78. The highest BCUT2D eigenvalue weighted by molar-refractivity contribution is 5.64. The number of anilines is 3. The Balaban J connectivity index is 2.29. The SMILES string of the molecule is Cc1ccc(Nc2cc(NC#N)ncn2)c(C)c1C. The van der Waals surface area contributed by atoms with Crippen LogP contribution < -0.4 is 10.6 Å². The van der Waals surface area contributed by atoms with E-state index in [9.17, 15) is 0 Å². The summed E-state index contributed by atoms with van der Waals surface area (Å²) in [7, 11) is 0. The fraction of sp³-hybridized carbons (Fsp3) is 0.214. The van der Waals surface area contributed by atoms with Crippen molar-refractivity contribution in [2.75, 3.05) is 10.6 Å². The van der Waals surface area contributed by atoms with Gasteiger partial charge in [0.1, 0.15) is 18.0 Å². The average Bonchev–Trinajstić information content (AvgIpc) is 2.40.